The molecule has 0 spiro atoms. The van der Waals surface area contributed by atoms with Gasteiger partial charge in [0.15, 0.2) is 0 Å². The highest BCUT2D eigenvalue weighted by Gasteiger charge is 2.15. The fourth-order valence-corrected chi connectivity index (χ4v) is 1.50. The van der Waals surface area contributed by atoms with Crippen molar-refractivity contribution in [3.63, 3.8) is 0 Å². The molecular weight excluding hydrogens is 244 g/mol. The largest absolute Gasteiger partial charge is 0.460 e. The maximum absolute atomic E-state index is 11.9. The van der Waals surface area contributed by atoms with Crippen LogP contribution in [0.1, 0.15) is 60.3 Å². The predicted octanol–water partition coefficient (Wildman–Crippen LogP) is 3.40. The fourth-order valence-electron chi connectivity index (χ4n) is 1.50. The lowest BCUT2D eigenvalue weighted by Crippen LogP contribution is -2.16. The Hall–Kier alpha value is -1.32. The van der Waals surface area contributed by atoms with Crippen LogP contribution in [-0.4, -0.2) is 24.1 Å². The third-order valence-corrected chi connectivity index (χ3v) is 2.30. The van der Waals surface area contributed by atoms with Crippen LogP contribution in [0.2, 0.25) is 0 Å². The Balaban J connectivity index is 4.68. The van der Waals surface area contributed by atoms with Gasteiger partial charge in [0.05, 0.1) is 12.2 Å². The molecule has 0 rings (SSSR count). The van der Waals surface area contributed by atoms with Crippen molar-refractivity contribution < 1.29 is 19.1 Å². The van der Waals surface area contributed by atoms with Crippen LogP contribution in [0, 0.1) is 0 Å². The van der Waals surface area contributed by atoms with Crippen molar-refractivity contribution in [2.75, 3.05) is 0 Å². The Morgan fingerprint density at radius 2 is 1.58 bits per heavy atom. The quantitative estimate of drug-likeness (QED) is 0.385. The first-order valence-electron chi connectivity index (χ1n) is 6.99. The van der Waals surface area contributed by atoms with Gasteiger partial charge in [-0.05, 0) is 40.5 Å². The van der Waals surface area contributed by atoms with Crippen LogP contribution in [0.5, 0.6) is 0 Å². The highest BCUT2D eigenvalue weighted by atomic mass is 16.5. The Morgan fingerprint density at radius 3 is 2.05 bits per heavy atom. The minimum Gasteiger partial charge on any atom is -0.460 e. The van der Waals surface area contributed by atoms with Gasteiger partial charge < -0.3 is 9.47 Å². The van der Waals surface area contributed by atoms with E-state index in [1.807, 2.05) is 0 Å². The highest BCUT2D eigenvalue weighted by molar-refractivity contribution is 5.96. The van der Waals surface area contributed by atoms with Crippen molar-refractivity contribution in [2.24, 2.45) is 0 Å². The number of rotatable bonds is 8. The lowest BCUT2D eigenvalue weighted by molar-refractivity contribution is -0.145. The SMILES string of the molecule is CCCCC/C(=C/C(=O)OC(C)C)C(=O)OC(C)C. The summed E-state index contributed by atoms with van der Waals surface area (Å²) in [6.45, 7) is 9.20. The molecule has 110 valence electrons. The monoisotopic (exact) mass is 270 g/mol. The Bertz CT molecular complexity index is 316. The van der Waals surface area contributed by atoms with E-state index >= 15 is 0 Å². The molecule has 0 aromatic rings. The highest BCUT2D eigenvalue weighted by Crippen LogP contribution is 2.12. The number of carbonyl (C=O) groups excluding carboxylic acids is 2. The van der Waals surface area contributed by atoms with E-state index in [-0.39, 0.29) is 12.2 Å². The van der Waals surface area contributed by atoms with Gasteiger partial charge in [0.2, 0.25) is 0 Å². The van der Waals surface area contributed by atoms with Crippen LogP contribution >= 0.6 is 0 Å². The van der Waals surface area contributed by atoms with Crippen molar-refractivity contribution >= 4 is 11.9 Å². The van der Waals surface area contributed by atoms with Gasteiger partial charge in [-0.25, -0.2) is 9.59 Å². The Labute approximate surface area is 116 Å². The molecule has 4 heteroatoms. The van der Waals surface area contributed by atoms with Crippen molar-refractivity contribution in [1.82, 2.24) is 0 Å². The first kappa shape index (κ1) is 17.7. The van der Waals surface area contributed by atoms with Crippen LogP contribution in [0.4, 0.5) is 0 Å². The van der Waals surface area contributed by atoms with Crippen LogP contribution in [0.15, 0.2) is 11.6 Å². The van der Waals surface area contributed by atoms with Crippen molar-refractivity contribution in [2.45, 2.75) is 72.5 Å². The molecule has 0 bridgehead atoms. The zero-order valence-electron chi connectivity index (χ0n) is 12.7. The molecule has 0 atom stereocenters. The van der Waals surface area contributed by atoms with E-state index in [1.54, 1.807) is 27.7 Å². The smallest absolute Gasteiger partial charge is 0.334 e. The van der Waals surface area contributed by atoms with Gasteiger partial charge in [0.1, 0.15) is 0 Å². The second kappa shape index (κ2) is 9.59. The predicted molar refractivity (Wildman–Crippen MR) is 74.7 cm³/mol. The van der Waals surface area contributed by atoms with Crippen LogP contribution in [-0.2, 0) is 19.1 Å². The van der Waals surface area contributed by atoms with Gasteiger partial charge >= 0.3 is 11.9 Å². The molecule has 0 aliphatic carbocycles. The topological polar surface area (TPSA) is 52.6 Å². The second-order valence-corrected chi connectivity index (χ2v) is 5.07. The first-order chi connectivity index (χ1) is 8.86. The number of unbranched alkanes of at least 4 members (excludes halogenated alkanes) is 2. The number of hydrogen-bond donors (Lipinski definition) is 0. The maximum Gasteiger partial charge on any atom is 0.334 e. The van der Waals surface area contributed by atoms with Crippen molar-refractivity contribution in [1.29, 1.82) is 0 Å². The lowest BCUT2D eigenvalue weighted by Gasteiger charge is -2.11. The zero-order valence-corrected chi connectivity index (χ0v) is 12.7. The summed E-state index contributed by atoms with van der Waals surface area (Å²) in [5.41, 5.74) is 0.396. The Kier molecular flexibility index (Phi) is 8.92. The summed E-state index contributed by atoms with van der Waals surface area (Å²) in [5, 5.41) is 0. The molecule has 0 aliphatic heterocycles. The number of hydrogen-bond acceptors (Lipinski definition) is 4. The zero-order chi connectivity index (χ0) is 14.8. The summed E-state index contributed by atoms with van der Waals surface area (Å²) >= 11 is 0. The number of esters is 2. The summed E-state index contributed by atoms with van der Waals surface area (Å²) in [6, 6.07) is 0. The number of ether oxygens (including phenoxy) is 2. The molecule has 0 aromatic heterocycles. The molecule has 0 saturated heterocycles. The van der Waals surface area contributed by atoms with E-state index in [0.717, 1.165) is 19.3 Å². The molecule has 4 nitrogen and oxygen atoms in total. The minimum atomic E-state index is -0.484. The fraction of sp³-hybridized carbons (Fsp3) is 0.733. The normalized spacial score (nSPS) is 11.8. The molecule has 0 amide bonds. The van der Waals surface area contributed by atoms with Gasteiger partial charge in [-0.1, -0.05) is 19.8 Å². The van der Waals surface area contributed by atoms with Crippen LogP contribution in [0.25, 0.3) is 0 Å². The summed E-state index contributed by atoms with van der Waals surface area (Å²) in [7, 11) is 0. The molecular formula is C15H26O4. The molecule has 0 N–H and O–H groups in total. The summed E-state index contributed by atoms with van der Waals surface area (Å²) in [4.78, 5) is 23.5. The van der Waals surface area contributed by atoms with Gasteiger partial charge in [-0.3, -0.25) is 0 Å². The molecule has 0 aliphatic rings. The standard InChI is InChI=1S/C15H26O4/c1-6-7-8-9-13(15(17)19-12(4)5)10-14(16)18-11(2)3/h10-12H,6-9H2,1-5H3/b13-10-. The van der Waals surface area contributed by atoms with E-state index in [4.69, 9.17) is 9.47 Å². The third-order valence-electron chi connectivity index (χ3n) is 2.30. The average molecular weight is 270 g/mol. The van der Waals surface area contributed by atoms with Crippen LogP contribution < -0.4 is 0 Å². The minimum absolute atomic E-state index is 0.191. The van der Waals surface area contributed by atoms with E-state index in [0.29, 0.717) is 12.0 Å². The molecule has 0 heterocycles. The summed E-state index contributed by atoms with van der Waals surface area (Å²) in [5.74, 6) is -0.908. The van der Waals surface area contributed by atoms with Gasteiger partial charge in [-0.2, -0.15) is 0 Å². The second-order valence-electron chi connectivity index (χ2n) is 5.07. The first-order valence-corrected chi connectivity index (χ1v) is 6.99. The molecule has 19 heavy (non-hydrogen) atoms. The molecule has 0 aromatic carbocycles. The van der Waals surface area contributed by atoms with Gasteiger partial charge in [0, 0.05) is 11.6 Å². The lowest BCUT2D eigenvalue weighted by atomic mass is 10.1. The van der Waals surface area contributed by atoms with Crippen molar-refractivity contribution in [3.8, 4) is 0 Å². The van der Waals surface area contributed by atoms with Gasteiger partial charge in [-0.15, -0.1) is 0 Å². The Morgan fingerprint density at radius 1 is 1.00 bits per heavy atom. The summed E-state index contributed by atoms with van der Waals surface area (Å²) in [6.07, 6.45) is 4.37. The molecule has 0 fully saturated rings. The molecule has 0 radical (unpaired) electrons. The average Bonchev–Trinajstić information content (AvgIpc) is 2.25. The van der Waals surface area contributed by atoms with E-state index in [9.17, 15) is 9.59 Å². The van der Waals surface area contributed by atoms with E-state index < -0.39 is 11.9 Å². The molecule has 0 unspecified atom stereocenters. The number of carbonyl (C=O) groups is 2. The van der Waals surface area contributed by atoms with Crippen molar-refractivity contribution in [3.05, 3.63) is 11.6 Å². The summed E-state index contributed by atoms with van der Waals surface area (Å²) < 4.78 is 10.2. The van der Waals surface area contributed by atoms with Crippen LogP contribution in [0.3, 0.4) is 0 Å². The maximum atomic E-state index is 11.9. The van der Waals surface area contributed by atoms with Gasteiger partial charge in [0.25, 0.3) is 0 Å². The van der Waals surface area contributed by atoms with E-state index in [1.165, 1.54) is 6.08 Å². The van der Waals surface area contributed by atoms with E-state index in [2.05, 4.69) is 6.92 Å². The molecule has 0 saturated carbocycles. The third kappa shape index (κ3) is 9.28.